The summed E-state index contributed by atoms with van der Waals surface area (Å²) in [5.74, 6) is 0.0762. The van der Waals surface area contributed by atoms with Crippen LogP contribution in [0, 0.1) is 5.92 Å². The molecule has 1 N–H and O–H groups in total. The number of likely N-dealkylation sites (tertiary alicyclic amines) is 1. The van der Waals surface area contributed by atoms with Gasteiger partial charge in [0, 0.05) is 18.1 Å². The van der Waals surface area contributed by atoms with E-state index < -0.39 is 0 Å². The van der Waals surface area contributed by atoms with E-state index in [0.717, 1.165) is 49.6 Å². The maximum Gasteiger partial charge on any atom is 0.309 e. The van der Waals surface area contributed by atoms with Crippen molar-refractivity contribution in [3.63, 3.8) is 0 Å². The molecule has 0 unspecified atom stereocenters. The molecule has 0 saturated carbocycles. The molecule has 4 heteroatoms. The summed E-state index contributed by atoms with van der Waals surface area (Å²) in [5, 5.41) is 3.72. The highest BCUT2D eigenvalue weighted by molar-refractivity contribution is 5.72. The highest BCUT2D eigenvalue weighted by Crippen LogP contribution is 2.32. The summed E-state index contributed by atoms with van der Waals surface area (Å²) in [6.45, 7) is 2.50. The minimum atomic E-state index is -0.0103. The molecule has 3 fully saturated rings. The van der Waals surface area contributed by atoms with Gasteiger partial charge in [-0.05, 0) is 57.2 Å². The summed E-state index contributed by atoms with van der Waals surface area (Å²) in [4.78, 5) is 14.9. The van der Waals surface area contributed by atoms with Crippen molar-refractivity contribution >= 4 is 5.97 Å². The summed E-state index contributed by atoms with van der Waals surface area (Å²) < 4.78 is 5.52. The van der Waals surface area contributed by atoms with Crippen LogP contribution in [0.1, 0.15) is 44.1 Å². The number of esters is 1. The van der Waals surface area contributed by atoms with Crippen LogP contribution in [-0.2, 0) is 16.1 Å². The first-order valence-corrected chi connectivity index (χ1v) is 9.48. The number of hydrogen-bond donors (Lipinski definition) is 1. The average molecular weight is 328 g/mol. The lowest BCUT2D eigenvalue weighted by Crippen LogP contribution is -2.50. The van der Waals surface area contributed by atoms with Gasteiger partial charge in [-0.25, -0.2) is 0 Å². The molecular formula is C20H28N2O2. The number of nitrogens with one attached hydrogen (secondary N) is 1. The molecule has 0 radical (unpaired) electrons. The fourth-order valence-electron chi connectivity index (χ4n) is 4.67. The van der Waals surface area contributed by atoms with Crippen LogP contribution in [0.5, 0.6) is 0 Å². The van der Waals surface area contributed by atoms with Crippen LogP contribution in [0.3, 0.4) is 0 Å². The second-order valence-electron chi connectivity index (χ2n) is 7.67. The van der Waals surface area contributed by atoms with Crippen molar-refractivity contribution < 1.29 is 9.53 Å². The Morgan fingerprint density at radius 1 is 1.04 bits per heavy atom. The van der Waals surface area contributed by atoms with Gasteiger partial charge in [0.2, 0.25) is 0 Å². The molecule has 130 valence electrons. The number of fused-ring (bicyclic) bond motifs is 2. The smallest absolute Gasteiger partial charge is 0.309 e. The highest BCUT2D eigenvalue weighted by atomic mass is 16.5. The summed E-state index contributed by atoms with van der Waals surface area (Å²) >= 11 is 0. The predicted molar refractivity (Wildman–Crippen MR) is 93.5 cm³/mol. The van der Waals surface area contributed by atoms with Crippen molar-refractivity contribution in [3.05, 3.63) is 35.9 Å². The lowest BCUT2D eigenvalue weighted by Gasteiger charge is -2.41. The standard InChI is InChI=1S/C20H28N2O2/c23-20(24-14-15-4-2-1-3-5-15)16-8-10-22(11-9-16)19-12-17-6-7-18(13-19)21-17/h1-5,16-19,21H,6-14H2/t17-,18-/m1/s1. The second-order valence-corrected chi connectivity index (χ2v) is 7.67. The predicted octanol–water partition coefficient (Wildman–Crippen LogP) is 2.72. The third kappa shape index (κ3) is 3.65. The first kappa shape index (κ1) is 16.1. The Morgan fingerprint density at radius 2 is 1.71 bits per heavy atom. The first-order valence-electron chi connectivity index (χ1n) is 9.48. The molecule has 1 aromatic carbocycles. The van der Waals surface area contributed by atoms with E-state index >= 15 is 0 Å². The zero-order valence-electron chi connectivity index (χ0n) is 14.3. The van der Waals surface area contributed by atoms with Crippen LogP contribution in [0.4, 0.5) is 0 Å². The molecule has 0 aliphatic carbocycles. The number of carbonyl (C=O) groups excluding carboxylic acids is 1. The third-order valence-electron chi connectivity index (χ3n) is 6.05. The molecule has 3 aliphatic heterocycles. The number of rotatable bonds is 4. The van der Waals surface area contributed by atoms with E-state index in [1.54, 1.807) is 0 Å². The fraction of sp³-hybridized carbons (Fsp3) is 0.650. The van der Waals surface area contributed by atoms with Crippen LogP contribution < -0.4 is 5.32 Å². The number of benzene rings is 1. The topological polar surface area (TPSA) is 41.6 Å². The van der Waals surface area contributed by atoms with Crippen LogP contribution >= 0.6 is 0 Å². The normalized spacial score (nSPS) is 31.1. The maximum absolute atomic E-state index is 12.3. The van der Waals surface area contributed by atoms with Gasteiger partial charge in [0.25, 0.3) is 0 Å². The van der Waals surface area contributed by atoms with E-state index in [0.29, 0.717) is 6.61 Å². The van der Waals surface area contributed by atoms with Gasteiger partial charge < -0.3 is 15.0 Å². The molecule has 3 heterocycles. The Bertz CT molecular complexity index is 542. The Balaban J connectivity index is 1.23. The summed E-state index contributed by atoms with van der Waals surface area (Å²) in [6.07, 6.45) is 7.19. The van der Waals surface area contributed by atoms with Crippen molar-refractivity contribution in [3.8, 4) is 0 Å². The van der Waals surface area contributed by atoms with Crippen molar-refractivity contribution in [1.29, 1.82) is 0 Å². The van der Waals surface area contributed by atoms with Gasteiger partial charge in [-0.3, -0.25) is 4.79 Å². The van der Waals surface area contributed by atoms with Crippen molar-refractivity contribution in [2.75, 3.05) is 13.1 Å². The molecule has 2 atom stereocenters. The quantitative estimate of drug-likeness (QED) is 0.863. The van der Waals surface area contributed by atoms with Crippen molar-refractivity contribution in [2.45, 2.75) is 63.3 Å². The molecule has 0 amide bonds. The fourth-order valence-corrected chi connectivity index (χ4v) is 4.67. The summed E-state index contributed by atoms with van der Waals surface area (Å²) in [5.41, 5.74) is 1.06. The Kier molecular flexibility index (Phi) is 4.86. The largest absolute Gasteiger partial charge is 0.461 e. The van der Waals surface area contributed by atoms with Gasteiger partial charge in [-0.2, -0.15) is 0 Å². The molecule has 2 bridgehead atoms. The van der Waals surface area contributed by atoms with E-state index in [2.05, 4.69) is 10.2 Å². The molecule has 0 spiro atoms. The monoisotopic (exact) mass is 328 g/mol. The van der Waals surface area contributed by atoms with E-state index in [9.17, 15) is 4.79 Å². The van der Waals surface area contributed by atoms with Crippen LogP contribution in [0.2, 0.25) is 0 Å². The van der Waals surface area contributed by atoms with E-state index in [1.807, 2.05) is 30.3 Å². The number of piperidine rings is 2. The highest BCUT2D eigenvalue weighted by Gasteiger charge is 2.37. The third-order valence-corrected chi connectivity index (χ3v) is 6.05. The minimum absolute atomic E-state index is 0.0103. The molecule has 3 aliphatic rings. The molecule has 24 heavy (non-hydrogen) atoms. The van der Waals surface area contributed by atoms with Crippen LogP contribution in [0.25, 0.3) is 0 Å². The zero-order chi connectivity index (χ0) is 16.4. The number of nitrogens with zero attached hydrogens (tertiary/aromatic N) is 1. The lowest BCUT2D eigenvalue weighted by molar-refractivity contribution is -0.151. The first-order chi connectivity index (χ1) is 11.8. The Hall–Kier alpha value is -1.39. The molecule has 3 saturated heterocycles. The van der Waals surface area contributed by atoms with Gasteiger partial charge >= 0.3 is 5.97 Å². The average Bonchev–Trinajstić information content (AvgIpc) is 2.98. The summed E-state index contributed by atoms with van der Waals surface area (Å²) in [7, 11) is 0. The summed E-state index contributed by atoms with van der Waals surface area (Å²) in [6, 6.07) is 12.1. The molecule has 4 rings (SSSR count). The van der Waals surface area contributed by atoms with Gasteiger partial charge in [-0.15, -0.1) is 0 Å². The van der Waals surface area contributed by atoms with Gasteiger partial charge in [0.15, 0.2) is 0 Å². The van der Waals surface area contributed by atoms with Crippen LogP contribution in [0.15, 0.2) is 30.3 Å². The minimum Gasteiger partial charge on any atom is -0.461 e. The van der Waals surface area contributed by atoms with Crippen LogP contribution in [-0.4, -0.2) is 42.1 Å². The number of carbonyl (C=O) groups is 1. The Labute approximate surface area is 144 Å². The molecule has 0 aromatic heterocycles. The van der Waals surface area contributed by atoms with Crippen molar-refractivity contribution in [2.24, 2.45) is 5.92 Å². The molecule has 1 aromatic rings. The van der Waals surface area contributed by atoms with Crippen molar-refractivity contribution in [1.82, 2.24) is 10.2 Å². The van der Waals surface area contributed by atoms with Gasteiger partial charge in [0.1, 0.15) is 6.61 Å². The van der Waals surface area contributed by atoms with Gasteiger partial charge in [0.05, 0.1) is 5.92 Å². The van der Waals surface area contributed by atoms with E-state index in [4.69, 9.17) is 4.74 Å². The molecular weight excluding hydrogens is 300 g/mol. The zero-order valence-corrected chi connectivity index (χ0v) is 14.3. The second kappa shape index (κ2) is 7.24. The molecule has 4 nitrogen and oxygen atoms in total. The number of ether oxygens (including phenoxy) is 1. The maximum atomic E-state index is 12.3. The Morgan fingerprint density at radius 3 is 2.38 bits per heavy atom. The number of hydrogen-bond acceptors (Lipinski definition) is 4. The lowest BCUT2D eigenvalue weighted by atomic mass is 9.92. The van der Waals surface area contributed by atoms with E-state index in [1.165, 1.54) is 25.7 Å². The van der Waals surface area contributed by atoms with Gasteiger partial charge in [-0.1, -0.05) is 30.3 Å². The van der Waals surface area contributed by atoms with E-state index in [-0.39, 0.29) is 11.9 Å². The SMILES string of the molecule is O=C(OCc1ccccc1)C1CCN(C2C[C@H]3CC[C@H](C2)N3)CC1.